The van der Waals surface area contributed by atoms with Crippen LogP contribution in [0.2, 0.25) is 0 Å². The molecule has 4 nitrogen and oxygen atoms in total. The maximum absolute atomic E-state index is 6.22. The molecule has 138 valence electrons. The number of hydrogen-bond acceptors (Lipinski definition) is 4. The normalized spacial score (nSPS) is 10.3. The first-order valence-electron chi connectivity index (χ1n) is 8.90. The molecule has 4 aromatic carbocycles. The maximum Gasteiger partial charge on any atom is 0.173 e. The fourth-order valence-electron chi connectivity index (χ4n) is 2.65. The molecule has 0 aromatic heterocycles. The summed E-state index contributed by atoms with van der Waals surface area (Å²) in [4.78, 5) is 0. The van der Waals surface area contributed by atoms with Crippen LogP contribution < -0.4 is 19.9 Å². The first-order chi connectivity index (χ1) is 13.8. The molecule has 0 heterocycles. The molecule has 0 saturated heterocycles. The van der Waals surface area contributed by atoms with Gasteiger partial charge < -0.3 is 19.9 Å². The summed E-state index contributed by atoms with van der Waals surface area (Å²) in [6, 6.07) is 31.9. The van der Waals surface area contributed by atoms with Crippen LogP contribution in [0.5, 0.6) is 34.5 Å². The van der Waals surface area contributed by atoms with Crippen LogP contribution in [0.25, 0.3) is 0 Å². The fourth-order valence-corrected chi connectivity index (χ4v) is 2.65. The second-order valence-corrected chi connectivity index (χ2v) is 6.08. The third-order valence-electron chi connectivity index (χ3n) is 3.99. The maximum atomic E-state index is 6.22. The summed E-state index contributed by atoms with van der Waals surface area (Å²) in [5.74, 6) is 3.59. The van der Waals surface area contributed by atoms with Crippen molar-refractivity contribution in [2.24, 2.45) is 0 Å². The summed E-state index contributed by atoms with van der Waals surface area (Å²) >= 11 is 0. The molecule has 2 N–H and O–H groups in total. The van der Waals surface area contributed by atoms with Gasteiger partial charge in [0.15, 0.2) is 17.2 Å². The fraction of sp³-hybridized carbons (Fsp3) is 0. The van der Waals surface area contributed by atoms with Gasteiger partial charge in [0, 0.05) is 12.1 Å². The Labute approximate surface area is 163 Å². The van der Waals surface area contributed by atoms with Gasteiger partial charge in [-0.15, -0.1) is 0 Å². The van der Waals surface area contributed by atoms with Crippen LogP contribution in [-0.4, -0.2) is 0 Å². The van der Waals surface area contributed by atoms with E-state index in [0.29, 0.717) is 40.2 Å². The van der Waals surface area contributed by atoms with Crippen LogP contribution in [0.15, 0.2) is 103 Å². The van der Waals surface area contributed by atoms with E-state index in [-0.39, 0.29) is 0 Å². The minimum atomic E-state index is 0.454. The van der Waals surface area contributed by atoms with E-state index in [1.54, 1.807) is 12.1 Å². The average molecular weight is 369 g/mol. The zero-order valence-electron chi connectivity index (χ0n) is 15.1. The van der Waals surface area contributed by atoms with Crippen LogP contribution >= 0.6 is 0 Å². The Balaban J connectivity index is 1.70. The topological polar surface area (TPSA) is 53.7 Å². The molecule has 0 amide bonds. The highest BCUT2D eigenvalue weighted by Crippen LogP contribution is 2.42. The van der Waals surface area contributed by atoms with Crippen molar-refractivity contribution in [2.75, 3.05) is 5.73 Å². The van der Waals surface area contributed by atoms with Gasteiger partial charge in [0.05, 0.1) is 5.69 Å². The van der Waals surface area contributed by atoms with Crippen molar-refractivity contribution in [3.8, 4) is 34.5 Å². The monoisotopic (exact) mass is 369 g/mol. The second-order valence-electron chi connectivity index (χ2n) is 6.08. The van der Waals surface area contributed by atoms with E-state index in [9.17, 15) is 0 Å². The first-order valence-corrected chi connectivity index (χ1v) is 8.90. The molecular weight excluding hydrogens is 350 g/mol. The zero-order chi connectivity index (χ0) is 19.2. The van der Waals surface area contributed by atoms with Gasteiger partial charge in [0.25, 0.3) is 0 Å². The molecule has 0 aliphatic heterocycles. The van der Waals surface area contributed by atoms with Gasteiger partial charge in [-0.2, -0.15) is 0 Å². The predicted octanol–water partition coefficient (Wildman–Crippen LogP) is 6.65. The van der Waals surface area contributed by atoms with E-state index in [2.05, 4.69) is 0 Å². The van der Waals surface area contributed by atoms with Crippen molar-refractivity contribution in [2.45, 2.75) is 0 Å². The van der Waals surface area contributed by atoms with E-state index in [0.717, 1.165) is 0 Å². The van der Waals surface area contributed by atoms with Crippen molar-refractivity contribution < 1.29 is 14.2 Å². The van der Waals surface area contributed by atoms with Crippen LogP contribution in [0, 0.1) is 0 Å². The molecule has 0 fully saturated rings. The average Bonchev–Trinajstić information content (AvgIpc) is 2.74. The van der Waals surface area contributed by atoms with E-state index < -0.39 is 0 Å². The van der Waals surface area contributed by atoms with Gasteiger partial charge in [-0.1, -0.05) is 54.6 Å². The van der Waals surface area contributed by atoms with Crippen LogP contribution in [0.1, 0.15) is 0 Å². The number of nitrogens with two attached hydrogens (primary N) is 1. The van der Waals surface area contributed by atoms with Gasteiger partial charge in [-0.3, -0.25) is 0 Å². The Hall–Kier alpha value is -3.92. The first kappa shape index (κ1) is 17.5. The van der Waals surface area contributed by atoms with Gasteiger partial charge >= 0.3 is 0 Å². The summed E-state index contributed by atoms with van der Waals surface area (Å²) in [6.07, 6.45) is 0. The molecule has 0 atom stereocenters. The summed E-state index contributed by atoms with van der Waals surface area (Å²) < 4.78 is 18.0. The molecule has 0 aliphatic carbocycles. The summed E-state index contributed by atoms with van der Waals surface area (Å²) in [6.45, 7) is 0. The van der Waals surface area contributed by atoms with Crippen LogP contribution in [0.3, 0.4) is 0 Å². The molecule has 4 aromatic rings. The third kappa shape index (κ3) is 4.24. The summed E-state index contributed by atoms with van der Waals surface area (Å²) in [5, 5.41) is 0. The number of nitrogen functional groups attached to an aromatic ring is 1. The Bertz CT molecular complexity index is 1040. The van der Waals surface area contributed by atoms with Crippen molar-refractivity contribution in [3.05, 3.63) is 103 Å². The van der Waals surface area contributed by atoms with E-state index in [4.69, 9.17) is 19.9 Å². The number of anilines is 1. The van der Waals surface area contributed by atoms with Crippen molar-refractivity contribution in [1.82, 2.24) is 0 Å². The van der Waals surface area contributed by atoms with Crippen molar-refractivity contribution in [3.63, 3.8) is 0 Å². The van der Waals surface area contributed by atoms with Crippen molar-refractivity contribution >= 4 is 5.69 Å². The lowest BCUT2D eigenvalue weighted by Gasteiger charge is -2.16. The standard InChI is InChI=1S/C24H19NO3/c25-21-16-23(27-19-12-6-2-7-13-19)24(28-20-14-8-3-9-15-20)17-22(21)26-18-10-4-1-5-11-18/h1-17H,25H2. The third-order valence-corrected chi connectivity index (χ3v) is 3.99. The Kier molecular flexibility index (Phi) is 5.11. The Morgan fingerprint density at radius 1 is 0.429 bits per heavy atom. The van der Waals surface area contributed by atoms with Gasteiger partial charge in [-0.05, 0) is 36.4 Å². The molecule has 0 saturated carbocycles. The van der Waals surface area contributed by atoms with Crippen LogP contribution in [-0.2, 0) is 0 Å². The van der Waals surface area contributed by atoms with Gasteiger partial charge in [0.1, 0.15) is 17.2 Å². The minimum Gasteiger partial charge on any atom is -0.455 e. The van der Waals surface area contributed by atoms with E-state index >= 15 is 0 Å². The molecule has 4 heteroatoms. The number of hydrogen-bond donors (Lipinski definition) is 1. The smallest absolute Gasteiger partial charge is 0.173 e. The SMILES string of the molecule is Nc1cc(Oc2ccccc2)c(Oc2ccccc2)cc1Oc1ccccc1. The molecule has 0 bridgehead atoms. The second kappa shape index (κ2) is 8.18. The number of benzene rings is 4. The van der Waals surface area contributed by atoms with Gasteiger partial charge in [-0.25, -0.2) is 0 Å². The number of para-hydroxylation sites is 3. The molecule has 0 radical (unpaired) electrons. The minimum absolute atomic E-state index is 0.454. The molecule has 0 unspecified atom stereocenters. The highest BCUT2D eigenvalue weighted by Gasteiger charge is 2.14. The Morgan fingerprint density at radius 3 is 1.21 bits per heavy atom. The largest absolute Gasteiger partial charge is 0.455 e. The van der Waals surface area contributed by atoms with Crippen molar-refractivity contribution in [1.29, 1.82) is 0 Å². The molecular formula is C24H19NO3. The number of rotatable bonds is 6. The lowest BCUT2D eigenvalue weighted by Crippen LogP contribution is -1.97. The van der Waals surface area contributed by atoms with Gasteiger partial charge in [0.2, 0.25) is 0 Å². The summed E-state index contributed by atoms with van der Waals surface area (Å²) in [5.41, 5.74) is 6.68. The number of ether oxygens (including phenoxy) is 3. The van der Waals surface area contributed by atoms with E-state index in [1.165, 1.54) is 0 Å². The Morgan fingerprint density at radius 2 is 0.786 bits per heavy atom. The van der Waals surface area contributed by atoms with E-state index in [1.807, 2.05) is 91.0 Å². The lowest BCUT2D eigenvalue weighted by atomic mass is 10.2. The van der Waals surface area contributed by atoms with Crippen LogP contribution in [0.4, 0.5) is 5.69 Å². The highest BCUT2D eigenvalue weighted by molar-refractivity contribution is 5.64. The predicted molar refractivity (Wildman–Crippen MR) is 110 cm³/mol. The molecule has 0 aliphatic rings. The molecule has 4 rings (SSSR count). The lowest BCUT2D eigenvalue weighted by molar-refractivity contribution is 0.413. The summed E-state index contributed by atoms with van der Waals surface area (Å²) in [7, 11) is 0. The highest BCUT2D eigenvalue weighted by atomic mass is 16.5. The molecule has 28 heavy (non-hydrogen) atoms. The molecule has 0 spiro atoms. The quantitative estimate of drug-likeness (QED) is 0.387. The zero-order valence-corrected chi connectivity index (χ0v) is 15.1.